The van der Waals surface area contributed by atoms with Gasteiger partial charge in [0.05, 0.1) is 18.2 Å². The molecule has 0 aliphatic rings. The monoisotopic (exact) mass is 376 g/mol. The first-order chi connectivity index (χ1) is 13.1. The van der Waals surface area contributed by atoms with E-state index in [1.165, 1.54) is 0 Å². The fourth-order valence-electron chi connectivity index (χ4n) is 3.08. The number of nitriles is 1. The summed E-state index contributed by atoms with van der Waals surface area (Å²) in [5.41, 5.74) is 3.63. The lowest BCUT2D eigenvalue weighted by atomic mass is 10.1. The Morgan fingerprint density at radius 3 is 2.70 bits per heavy atom. The average molecular weight is 377 g/mol. The van der Waals surface area contributed by atoms with E-state index in [1.54, 1.807) is 0 Å². The molecule has 4 rings (SSSR count). The summed E-state index contributed by atoms with van der Waals surface area (Å²) in [5, 5.41) is 9.34. The van der Waals surface area contributed by atoms with Crippen LogP contribution in [0, 0.1) is 18.3 Å². The van der Waals surface area contributed by atoms with Crippen molar-refractivity contribution in [2.75, 3.05) is 0 Å². The van der Waals surface area contributed by atoms with Gasteiger partial charge in [0, 0.05) is 17.4 Å². The number of oxazole rings is 1. The van der Waals surface area contributed by atoms with Gasteiger partial charge in [0.15, 0.2) is 0 Å². The molecular weight excluding hydrogens is 360 g/mol. The van der Waals surface area contributed by atoms with Crippen LogP contribution in [0.4, 0.5) is 0 Å². The van der Waals surface area contributed by atoms with Crippen molar-refractivity contribution in [3.8, 4) is 17.5 Å². The van der Waals surface area contributed by atoms with Gasteiger partial charge in [-0.2, -0.15) is 5.26 Å². The van der Waals surface area contributed by atoms with Gasteiger partial charge in [0.1, 0.15) is 22.5 Å². The number of hydrogen-bond acceptors (Lipinski definition) is 4. The Kier molecular flexibility index (Phi) is 4.70. The summed E-state index contributed by atoms with van der Waals surface area (Å²) in [5.74, 6) is 2.22. The quantitative estimate of drug-likeness (QED) is 0.421. The third kappa shape index (κ3) is 3.74. The van der Waals surface area contributed by atoms with E-state index in [-0.39, 0.29) is 0 Å². The minimum atomic E-state index is -0.525. The zero-order valence-electron chi connectivity index (χ0n) is 14.8. The molecule has 0 saturated carbocycles. The molecule has 0 aliphatic carbocycles. The molecule has 2 aromatic carbocycles. The van der Waals surface area contributed by atoms with Crippen LogP contribution in [0.15, 0.2) is 63.4 Å². The standard InChI is InChI=1S/C22H17ClN2O2/c1-14-20(25-22(26-14)16-5-3-2-4-6-16)12-19-11-17-9-15(10-18(23)13-24)7-8-21(17)27-19/h2-9,11,18H,10,12H2,1H3. The number of rotatable bonds is 5. The van der Waals surface area contributed by atoms with Crippen molar-refractivity contribution in [2.24, 2.45) is 0 Å². The second-order valence-electron chi connectivity index (χ2n) is 6.45. The van der Waals surface area contributed by atoms with Crippen molar-refractivity contribution in [3.63, 3.8) is 0 Å². The normalized spacial score (nSPS) is 12.2. The first-order valence-electron chi connectivity index (χ1n) is 8.69. The molecule has 0 amide bonds. The molecule has 2 heterocycles. The predicted octanol–water partition coefficient (Wildman–Crippen LogP) is 5.66. The van der Waals surface area contributed by atoms with E-state index >= 15 is 0 Å². The molecule has 0 spiro atoms. The number of alkyl halides is 1. The number of nitrogens with zero attached hydrogens (tertiary/aromatic N) is 2. The van der Waals surface area contributed by atoms with Crippen molar-refractivity contribution in [1.82, 2.24) is 4.98 Å². The Bertz CT molecular complexity index is 1120. The van der Waals surface area contributed by atoms with Crippen LogP contribution < -0.4 is 0 Å². The summed E-state index contributed by atoms with van der Waals surface area (Å²) in [7, 11) is 0. The van der Waals surface area contributed by atoms with Gasteiger partial charge >= 0.3 is 0 Å². The maximum Gasteiger partial charge on any atom is 0.226 e. The highest BCUT2D eigenvalue weighted by atomic mass is 35.5. The molecule has 0 bridgehead atoms. The van der Waals surface area contributed by atoms with Crippen molar-refractivity contribution >= 4 is 22.6 Å². The van der Waals surface area contributed by atoms with Gasteiger partial charge in [-0.3, -0.25) is 0 Å². The van der Waals surface area contributed by atoms with Crippen LogP contribution in [0.25, 0.3) is 22.4 Å². The molecule has 2 aromatic heterocycles. The molecule has 5 heteroatoms. The molecule has 0 N–H and O–H groups in total. The summed E-state index contributed by atoms with van der Waals surface area (Å²) in [4.78, 5) is 4.63. The Labute approximate surface area is 162 Å². The van der Waals surface area contributed by atoms with Gasteiger partial charge in [-0.25, -0.2) is 4.98 Å². The van der Waals surface area contributed by atoms with Crippen molar-refractivity contribution in [3.05, 3.63) is 77.4 Å². The van der Waals surface area contributed by atoms with Gasteiger partial charge in [0.2, 0.25) is 5.89 Å². The highest BCUT2D eigenvalue weighted by Gasteiger charge is 2.14. The van der Waals surface area contributed by atoms with E-state index in [4.69, 9.17) is 25.7 Å². The largest absolute Gasteiger partial charge is 0.461 e. The Morgan fingerprint density at radius 1 is 1.11 bits per heavy atom. The maximum atomic E-state index is 8.87. The van der Waals surface area contributed by atoms with E-state index < -0.39 is 5.38 Å². The van der Waals surface area contributed by atoms with E-state index in [1.807, 2.05) is 67.6 Å². The number of hydrogen-bond donors (Lipinski definition) is 0. The van der Waals surface area contributed by atoms with Crippen LogP contribution in [0.3, 0.4) is 0 Å². The summed E-state index contributed by atoms with van der Waals surface area (Å²) in [6.45, 7) is 1.91. The van der Waals surface area contributed by atoms with Crippen LogP contribution in [-0.2, 0) is 12.8 Å². The lowest BCUT2D eigenvalue weighted by molar-refractivity contribution is 0.533. The van der Waals surface area contributed by atoms with E-state index in [0.717, 1.165) is 39.3 Å². The average Bonchev–Trinajstić information content (AvgIpc) is 3.25. The van der Waals surface area contributed by atoms with E-state index in [9.17, 15) is 0 Å². The zero-order valence-corrected chi connectivity index (χ0v) is 15.5. The predicted molar refractivity (Wildman–Crippen MR) is 105 cm³/mol. The molecule has 134 valence electrons. The first kappa shape index (κ1) is 17.4. The number of aryl methyl sites for hydroxylation is 1. The molecule has 0 radical (unpaired) electrons. The minimum Gasteiger partial charge on any atom is -0.461 e. The highest BCUT2D eigenvalue weighted by Crippen LogP contribution is 2.26. The topological polar surface area (TPSA) is 63.0 Å². The van der Waals surface area contributed by atoms with Crippen molar-refractivity contribution in [1.29, 1.82) is 5.26 Å². The molecular formula is C22H17ClN2O2. The summed E-state index contributed by atoms with van der Waals surface area (Å²) >= 11 is 5.93. The maximum absolute atomic E-state index is 8.87. The van der Waals surface area contributed by atoms with Crippen LogP contribution in [0.5, 0.6) is 0 Å². The Balaban J connectivity index is 1.59. The fraction of sp³-hybridized carbons (Fsp3) is 0.182. The zero-order chi connectivity index (χ0) is 18.8. The van der Waals surface area contributed by atoms with Crippen molar-refractivity contribution < 1.29 is 8.83 Å². The Hall–Kier alpha value is -3.03. The molecule has 0 aliphatic heterocycles. The van der Waals surface area contributed by atoms with Gasteiger partial charge in [-0.05, 0) is 42.8 Å². The molecule has 4 nitrogen and oxygen atoms in total. The van der Waals surface area contributed by atoms with Crippen LogP contribution >= 0.6 is 11.6 Å². The molecule has 1 unspecified atom stereocenters. The van der Waals surface area contributed by atoms with Gasteiger partial charge < -0.3 is 8.83 Å². The number of fused-ring (bicyclic) bond motifs is 1. The van der Waals surface area contributed by atoms with Gasteiger partial charge in [-0.1, -0.05) is 24.3 Å². The molecule has 0 saturated heterocycles. The van der Waals surface area contributed by atoms with Crippen LogP contribution in [0.2, 0.25) is 0 Å². The van der Waals surface area contributed by atoms with Gasteiger partial charge in [-0.15, -0.1) is 11.6 Å². The smallest absolute Gasteiger partial charge is 0.226 e. The third-order valence-corrected chi connectivity index (χ3v) is 4.69. The van der Waals surface area contributed by atoms with Crippen LogP contribution in [-0.4, -0.2) is 10.4 Å². The highest BCUT2D eigenvalue weighted by molar-refractivity contribution is 6.22. The summed E-state index contributed by atoms with van der Waals surface area (Å²) in [6, 6.07) is 19.8. The molecule has 4 aromatic rings. The number of furan rings is 1. The molecule has 27 heavy (non-hydrogen) atoms. The lowest BCUT2D eigenvalue weighted by Gasteiger charge is -2.00. The minimum absolute atomic E-state index is 0.511. The fourth-order valence-corrected chi connectivity index (χ4v) is 3.25. The van der Waals surface area contributed by atoms with E-state index in [2.05, 4.69) is 4.98 Å². The number of halogens is 1. The lowest BCUT2D eigenvalue weighted by Crippen LogP contribution is -1.98. The first-order valence-corrected chi connectivity index (χ1v) is 9.13. The molecule has 0 fully saturated rings. The van der Waals surface area contributed by atoms with Crippen molar-refractivity contribution in [2.45, 2.75) is 25.1 Å². The number of aromatic nitrogens is 1. The van der Waals surface area contributed by atoms with E-state index in [0.29, 0.717) is 18.7 Å². The Morgan fingerprint density at radius 2 is 1.93 bits per heavy atom. The van der Waals surface area contributed by atoms with Gasteiger partial charge in [0.25, 0.3) is 0 Å². The third-order valence-electron chi connectivity index (χ3n) is 4.44. The number of benzene rings is 2. The second-order valence-corrected chi connectivity index (χ2v) is 6.98. The second kappa shape index (κ2) is 7.30. The summed E-state index contributed by atoms with van der Waals surface area (Å²) in [6.07, 6.45) is 1.07. The SMILES string of the molecule is Cc1oc(-c2ccccc2)nc1Cc1cc2cc(CC(Cl)C#N)ccc2o1. The van der Waals surface area contributed by atoms with Crippen LogP contribution in [0.1, 0.15) is 22.8 Å². The molecule has 1 atom stereocenters. The summed E-state index contributed by atoms with van der Waals surface area (Å²) < 4.78 is 11.8.